The third-order valence-corrected chi connectivity index (χ3v) is 4.72. The van der Waals surface area contributed by atoms with Crippen molar-refractivity contribution in [3.63, 3.8) is 0 Å². The van der Waals surface area contributed by atoms with Crippen LogP contribution in [0.4, 0.5) is 10.1 Å². The molecule has 0 aromatic heterocycles. The summed E-state index contributed by atoms with van der Waals surface area (Å²) in [7, 11) is 1.57. The van der Waals surface area contributed by atoms with Gasteiger partial charge in [0, 0.05) is 12.2 Å². The van der Waals surface area contributed by atoms with Crippen LogP contribution in [0.15, 0.2) is 54.6 Å². The molecule has 0 unspecified atom stereocenters. The summed E-state index contributed by atoms with van der Waals surface area (Å²) in [5.41, 5.74) is 5.16. The fraction of sp³-hybridized carbons (Fsp3) is 0.217. The highest BCUT2D eigenvalue weighted by Crippen LogP contribution is 2.37. The zero-order valence-electron chi connectivity index (χ0n) is 16.2. The van der Waals surface area contributed by atoms with Gasteiger partial charge in [-0.15, -0.1) is 0 Å². The van der Waals surface area contributed by atoms with Crippen molar-refractivity contribution in [3.8, 4) is 11.5 Å². The van der Waals surface area contributed by atoms with E-state index in [2.05, 4.69) is 37.4 Å². The third-order valence-electron chi connectivity index (χ3n) is 4.44. The topological polar surface area (TPSA) is 30.5 Å². The van der Waals surface area contributed by atoms with Gasteiger partial charge in [-0.1, -0.05) is 35.9 Å². The summed E-state index contributed by atoms with van der Waals surface area (Å²) >= 11 is 6.44. The van der Waals surface area contributed by atoms with Gasteiger partial charge in [0.2, 0.25) is 0 Å². The standard InChI is InChI=1S/C23H23ClFNO2/c1-15-7-8-16(2)21(9-15)26-13-18-11-20(24)23(22(12-18)27-3)28-14-17-5-4-6-19(25)10-17/h4-12,26H,13-14H2,1-3H3. The second-order valence-corrected chi connectivity index (χ2v) is 7.11. The average molecular weight is 400 g/mol. The van der Waals surface area contributed by atoms with Gasteiger partial charge in [0.1, 0.15) is 12.4 Å². The van der Waals surface area contributed by atoms with Crippen LogP contribution in [-0.4, -0.2) is 7.11 Å². The van der Waals surface area contributed by atoms with Crippen LogP contribution in [0.1, 0.15) is 22.3 Å². The van der Waals surface area contributed by atoms with Crippen LogP contribution < -0.4 is 14.8 Å². The van der Waals surface area contributed by atoms with Gasteiger partial charge in [0.25, 0.3) is 0 Å². The van der Waals surface area contributed by atoms with Crippen molar-refractivity contribution >= 4 is 17.3 Å². The van der Waals surface area contributed by atoms with Crippen LogP contribution in [0.2, 0.25) is 5.02 Å². The second-order valence-electron chi connectivity index (χ2n) is 6.70. The Balaban J connectivity index is 1.74. The fourth-order valence-electron chi connectivity index (χ4n) is 2.92. The maximum Gasteiger partial charge on any atom is 0.180 e. The number of halogens is 2. The number of hydrogen-bond donors (Lipinski definition) is 1. The maximum absolute atomic E-state index is 13.3. The number of rotatable bonds is 7. The van der Waals surface area contributed by atoms with Crippen LogP contribution in [0.25, 0.3) is 0 Å². The van der Waals surface area contributed by atoms with E-state index < -0.39 is 0 Å². The number of benzene rings is 3. The average Bonchev–Trinajstić information content (AvgIpc) is 2.67. The molecule has 3 nitrogen and oxygen atoms in total. The molecule has 28 heavy (non-hydrogen) atoms. The number of nitrogens with one attached hydrogen (secondary N) is 1. The number of methoxy groups -OCH3 is 1. The Morgan fingerprint density at radius 3 is 2.57 bits per heavy atom. The molecule has 3 aromatic carbocycles. The summed E-state index contributed by atoms with van der Waals surface area (Å²) in [5, 5.41) is 3.89. The van der Waals surface area contributed by atoms with Crippen LogP contribution in [0, 0.1) is 19.7 Å². The summed E-state index contributed by atoms with van der Waals surface area (Å²) in [6, 6.07) is 16.3. The van der Waals surface area contributed by atoms with E-state index in [9.17, 15) is 4.39 Å². The molecule has 5 heteroatoms. The number of hydrogen-bond acceptors (Lipinski definition) is 3. The largest absolute Gasteiger partial charge is 0.493 e. The molecule has 0 fully saturated rings. The predicted molar refractivity (Wildman–Crippen MR) is 112 cm³/mol. The molecule has 0 saturated carbocycles. The molecular weight excluding hydrogens is 377 g/mol. The van der Waals surface area contributed by atoms with Crippen molar-refractivity contribution in [3.05, 3.63) is 87.7 Å². The zero-order valence-corrected chi connectivity index (χ0v) is 16.9. The second kappa shape index (κ2) is 8.98. The first-order chi connectivity index (χ1) is 13.5. The van der Waals surface area contributed by atoms with Crippen LogP contribution in [-0.2, 0) is 13.2 Å². The summed E-state index contributed by atoms with van der Waals surface area (Å²) < 4.78 is 24.6. The van der Waals surface area contributed by atoms with Gasteiger partial charge in [-0.25, -0.2) is 4.39 Å². The molecule has 0 aliphatic heterocycles. The maximum atomic E-state index is 13.3. The summed E-state index contributed by atoms with van der Waals surface area (Å²) in [6.45, 7) is 4.94. The van der Waals surface area contributed by atoms with E-state index in [-0.39, 0.29) is 12.4 Å². The Labute approximate surface area is 170 Å². The molecular formula is C23H23ClFNO2. The lowest BCUT2D eigenvalue weighted by Gasteiger charge is -2.16. The lowest BCUT2D eigenvalue weighted by Crippen LogP contribution is -2.04. The van der Waals surface area contributed by atoms with Crippen molar-refractivity contribution in [2.45, 2.75) is 27.0 Å². The highest BCUT2D eigenvalue weighted by molar-refractivity contribution is 6.32. The normalized spacial score (nSPS) is 10.6. The van der Waals surface area contributed by atoms with Crippen molar-refractivity contribution in [2.75, 3.05) is 12.4 Å². The van der Waals surface area contributed by atoms with Gasteiger partial charge < -0.3 is 14.8 Å². The Bertz CT molecular complexity index is 975. The van der Waals surface area contributed by atoms with Gasteiger partial charge in [-0.3, -0.25) is 0 Å². The first kappa shape index (κ1) is 20.0. The highest BCUT2D eigenvalue weighted by atomic mass is 35.5. The van der Waals surface area contributed by atoms with E-state index in [0.29, 0.717) is 23.1 Å². The number of anilines is 1. The monoisotopic (exact) mass is 399 g/mol. The molecule has 3 rings (SSSR count). The quantitative estimate of drug-likeness (QED) is 0.506. The van der Waals surface area contributed by atoms with E-state index >= 15 is 0 Å². The SMILES string of the molecule is COc1cc(CNc2cc(C)ccc2C)cc(Cl)c1OCc1cccc(F)c1. The first-order valence-corrected chi connectivity index (χ1v) is 9.39. The van der Waals surface area contributed by atoms with E-state index in [1.807, 2.05) is 12.1 Å². The minimum absolute atomic E-state index is 0.202. The smallest absolute Gasteiger partial charge is 0.180 e. The summed E-state index contributed by atoms with van der Waals surface area (Å²) in [4.78, 5) is 0. The van der Waals surface area contributed by atoms with Crippen molar-refractivity contribution < 1.29 is 13.9 Å². The van der Waals surface area contributed by atoms with Crippen molar-refractivity contribution in [2.24, 2.45) is 0 Å². The molecule has 0 amide bonds. The Hall–Kier alpha value is -2.72. The molecule has 0 bridgehead atoms. The fourth-order valence-corrected chi connectivity index (χ4v) is 3.21. The summed E-state index contributed by atoms with van der Waals surface area (Å²) in [5.74, 6) is 0.692. The molecule has 0 saturated heterocycles. The van der Waals surface area contributed by atoms with Gasteiger partial charge >= 0.3 is 0 Å². The molecule has 0 aliphatic carbocycles. The highest BCUT2D eigenvalue weighted by Gasteiger charge is 2.13. The molecule has 0 atom stereocenters. The minimum atomic E-state index is -0.299. The Kier molecular flexibility index (Phi) is 6.42. The van der Waals surface area contributed by atoms with Crippen LogP contribution in [0.3, 0.4) is 0 Å². The van der Waals surface area contributed by atoms with Gasteiger partial charge in [0.05, 0.1) is 12.1 Å². The Morgan fingerprint density at radius 1 is 1.00 bits per heavy atom. The van der Waals surface area contributed by atoms with E-state index in [1.165, 1.54) is 23.3 Å². The van der Waals surface area contributed by atoms with Crippen LogP contribution >= 0.6 is 11.6 Å². The number of aryl methyl sites for hydroxylation is 2. The van der Waals surface area contributed by atoms with Crippen molar-refractivity contribution in [1.29, 1.82) is 0 Å². The minimum Gasteiger partial charge on any atom is -0.493 e. The molecule has 1 N–H and O–H groups in total. The lowest BCUT2D eigenvalue weighted by molar-refractivity contribution is 0.284. The summed E-state index contributed by atoms with van der Waals surface area (Å²) in [6.07, 6.45) is 0. The molecule has 0 spiro atoms. The van der Waals surface area contributed by atoms with Gasteiger partial charge in [-0.2, -0.15) is 0 Å². The molecule has 0 heterocycles. The van der Waals surface area contributed by atoms with E-state index in [1.54, 1.807) is 19.2 Å². The van der Waals surface area contributed by atoms with E-state index in [0.717, 1.165) is 16.8 Å². The van der Waals surface area contributed by atoms with Crippen molar-refractivity contribution in [1.82, 2.24) is 0 Å². The zero-order chi connectivity index (χ0) is 20.1. The number of ether oxygens (including phenoxy) is 2. The molecule has 3 aromatic rings. The Morgan fingerprint density at radius 2 is 1.82 bits per heavy atom. The first-order valence-electron chi connectivity index (χ1n) is 9.01. The van der Waals surface area contributed by atoms with E-state index in [4.69, 9.17) is 21.1 Å². The predicted octanol–water partition coefficient (Wildman–Crippen LogP) is 6.30. The molecule has 0 radical (unpaired) electrons. The molecule has 0 aliphatic rings. The van der Waals surface area contributed by atoms with Gasteiger partial charge in [0.15, 0.2) is 11.5 Å². The van der Waals surface area contributed by atoms with Crippen LogP contribution in [0.5, 0.6) is 11.5 Å². The van der Waals surface area contributed by atoms with Gasteiger partial charge in [-0.05, 0) is 66.4 Å². The molecule has 146 valence electrons. The third kappa shape index (κ3) is 4.96. The lowest BCUT2D eigenvalue weighted by atomic mass is 10.1.